The van der Waals surface area contributed by atoms with Gasteiger partial charge in [0.05, 0.1) is 0 Å². The van der Waals surface area contributed by atoms with E-state index in [1.807, 2.05) is 0 Å². The van der Waals surface area contributed by atoms with Crippen molar-refractivity contribution in [2.24, 2.45) is 0 Å². The zero-order valence-electron chi connectivity index (χ0n) is 9.43. The van der Waals surface area contributed by atoms with Crippen LogP contribution in [0.5, 0.6) is 0 Å². The van der Waals surface area contributed by atoms with Crippen molar-refractivity contribution < 1.29 is 0 Å². The molecule has 1 aliphatic carbocycles. The van der Waals surface area contributed by atoms with E-state index in [-0.39, 0.29) is 0 Å². The molecule has 0 aliphatic heterocycles. The monoisotopic (exact) mass is 222 g/mol. The molecule has 1 aromatic rings. The summed E-state index contributed by atoms with van der Waals surface area (Å²) in [7, 11) is 0. The van der Waals surface area contributed by atoms with Crippen LogP contribution in [0.4, 0.5) is 0 Å². The molecule has 1 aromatic carbocycles. The van der Waals surface area contributed by atoms with Gasteiger partial charge in [0.1, 0.15) is 0 Å². The summed E-state index contributed by atoms with van der Waals surface area (Å²) in [6.45, 7) is 2.15. The molecule has 0 bridgehead atoms. The highest BCUT2D eigenvalue weighted by atomic mass is 35.5. The molecule has 0 radical (unpaired) electrons. The lowest BCUT2D eigenvalue weighted by molar-refractivity contribution is 0.726. The molecule has 0 heterocycles. The molecule has 0 amide bonds. The zero-order valence-corrected chi connectivity index (χ0v) is 10.2. The van der Waals surface area contributed by atoms with Crippen molar-refractivity contribution in [1.82, 2.24) is 0 Å². The molecule has 0 fully saturated rings. The third-order valence-electron chi connectivity index (χ3n) is 3.35. The second-order valence-corrected chi connectivity index (χ2v) is 5.12. The van der Waals surface area contributed by atoms with Crippen molar-refractivity contribution in [3.05, 3.63) is 34.9 Å². The lowest BCUT2D eigenvalue weighted by Gasteiger charge is -2.07. The van der Waals surface area contributed by atoms with E-state index in [1.165, 1.54) is 24.8 Å². The molecule has 15 heavy (non-hydrogen) atoms. The molecule has 0 nitrogen and oxygen atoms in total. The van der Waals surface area contributed by atoms with E-state index in [1.54, 1.807) is 11.1 Å². The fourth-order valence-corrected chi connectivity index (χ4v) is 2.42. The van der Waals surface area contributed by atoms with Crippen molar-refractivity contribution >= 4 is 11.6 Å². The van der Waals surface area contributed by atoms with Gasteiger partial charge < -0.3 is 0 Å². The van der Waals surface area contributed by atoms with Gasteiger partial charge in [0.2, 0.25) is 0 Å². The Morgan fingerprint density at radius 3 is 2.87 bits per heavy atom. The van der Waals surface area contributed by atoms with E-state index in [2.05, 4.69) is 25.1 Å². The molecule has 2 rings (SSSR count). The summed E-state index contributed by atoms with van der Waals surface area (Å²) in [4.78, 5) is 0. The largest absolute Gasteiger partial charge is 0.123 e. The summed E-state index contributed by atoms with van der Waals surface area (Å²) < 4.78 is 0. The number of fused-ring (bicyclic) bond motifs is 1. The van der Waals surface area contributed by atoms with Gasteiger partial charge in [-0.15, -0.1) is 11.6 Å². The number of halogens is 1. The lowest BCUT2D eigenvalue weighted by Crippen LogP contribution is -1.99. The highest BCUT2D eigenvalue weighted by Gasteiger charge is 2.11. The van der Waals surface area contributed by atoms with Crippen LogP contribution in [0.1, 0.15) is 42.9 Å². The number of hydrogen-bond donors (Lipinski definition) is 0. The Morgan fingerprint density at radius 2 is 2.07 bits per heavy atom. The van der Waals surface area contributed by atoms with Crippen LogP contribution in [0.15, 0.2) is 18.2 Å². The van der Waals surface area contributed by atoms with Crippen LogP contribution < -0.4 is 0 Å². The summed E-state index contributed by atoms with van der Waals surface area (Å²) in [5.41, 5.74) is 4.61. The second-order valence-electron chi connectivity index (χ2n) is 4.50. The third-order valence-corrected chi connectivity index (χ3v) is 3.88. The fourth-order valence-electron chi connectivity index (χ4n) is 2.31. The molecule has 1 unspecified atom stereocenters. The van der Waals surface area contributed by atoms with Gasteiger partial charge in [-0.2, -0.15) is 0 Å². The first kappa shape index (κ1) is 11.0. The molecular formula is C14H19Cl. The van der Waals surface area contributed by atoms with Crippen LogP contribution in [-0.2, 0) is 19.3 Å². The standard InChI is InChI=1S/C14H19Cl/c1-2-14(15)9-7-11-6-8-12-4-3-5-13(12)10-11/h6,8,10,14H,2-5,7,9H2,1H3. The summed E-state index contributed by atoms with van der Waals surface area (Å²) in [5, 5.41) is 0.346. The highest BCUT2D eigenvalue weighted by Crippen LogP contribution is 2.23. The lowest BCUT2D eigenvalue weighted by atomic mass is 10.0. The minimum atomic E-state index is 0.346. The van der Waals surface area contributed by atoms with Gasteiger partial charge in [0.25, 0.3) is 0 Å². The highest BCUT2D eigenvalue weighted by molar-refractivity contribution is 6.20. The van der Waals surface area contributed by atoms with Crippen LogP contribution in [0.25, 0.3) is 0 Å². The summed E-state index contributed by atoms with van der Waals surface area (Å²) in [6.07, 6.45) is 7.22. The quantitative estimate of drug-likeness (QED) is 0.673. The minimum absolute atomic E-state index is 0.346. The first-order chi connectivity index (χ1) is 7.29. The molecule has 1 aliphatic rings. The summed E-state index contributed by atoms with van der Waals surface area (Å²) >= 11 is 6.13. The maximum Gasteiger partial charge on any atom is 0.0336 e. The molecule has 1 heteroatoms. The van der Waals surface area contributed by atoms with Crippen molar-refractivity contribution in [2.75, 3.05) is 0 Å². The number of benzene rings is 1. The van der Waals surface area contributed by atoms with Gasteiger partial charge in [0.15, 0.2) is 0 Å². The van der Waals surface area contributed by atoms with Gasteiger partial charge in [-0.1, -0.05) is 25.1 Å². The molecular weight excluding hydrogens is 204 g/mol. The Labute approximate surface area is 97.6 Å². The van der Waals surface area contributed by atoms with Crippen LogP contribution in [0.2, 0.25) is 0 Å². The maximum absolute atomic E-state index is 6.13. The van der Waals surface area contributed by atoms with Crippen LogP contribution in [0.3, 0.4) is 0 Å². The Kier molecular flexibility index (Phi) is 3.69. The Bertz CT molecular complexity index is 330. The number of rotatable bonds is 4. The molecule has 0 spiro atoms. The van der Waals surface area contributed by atoms with Crippen LogP contribution in [-0.4, -0.2) is 5.38 Å². The van der Waals surface area contributed by atoms with Crippen LogP contribution >= 0.6 is 11.6 Å². The molecule has 1 atom stereocenters. The zero-order chi connectivity index (χ0) is 10.7. The third kappa shape index (κ3) is 2.75. The van der Waals surface area contributed by atoms with E-state index in [0.29, 0.717) is 5.38 Å². The smallest absolute Gasteiger partial charge is 0.0336 e. The molecule has 0 aromatic heterocycles. The van der Waals surface area contributed by atoms with E-state index in [9.17, 15) is 0 Å². The number of alkyl halides is 1. The average Bonchev–Trinajstić information content (AvgIpc) is 2.72. The molecule has 0 N–H and O–H groups in total. The van der Waals surface area contributed by atoms with Gasteiger partial charge in [-0.25, -0.2) is 0 Å². The summed E-state index contributed by atoms with van der Waals surface area (Å²) in [6, 6.07) is 6.98. The topological polar surface area (TPSA) is 0 Å². The van der Waals surface area contributed by atoms with Crippen molar-refractivity contribution in [1.29, 1.82) is 0 Å². The van der Waals surface area contributed by atoms with Gasteiger partial charge in [-0.3, -0.25) is 0 Å². The first-order valence-electron chi connectivity index (χ1n) is 6.04. The SMILES string of the molecule is CCC(Cl)CCc1ccc2c(c1)CCC2. The van der Waals surface area contributed by atoms with Crippen molar-refractivity contribution in [3.8, 4) is 0 Å². The Hall–Kier alpha value is -0.490. The van der Waals surface area contributed by atoms with Gasteiger partial charge in [0, 0.05) is 5.38 Å². The van der Waals surface area contributed by atoms with E-state index in [4.69, 9.17) is 11.6 Å². The van der Waals surface area contributed by atoms with Crippen LogP contribution in [0, 0.1) is 0 Å². The normalized spacial score (nSPS) is 16.4. The second kappa shape index (κ2) is 5.03. The first-order valence-corrected chi connectivity index (χ1v) is 6.48. The Balaban J connectivity index is 1.98. The van der Waals surface area contributed by atoms with E-state index in [0.717, 1.165) is 19.3 Å². The van der Waals surface area contributed by atoms with E-state index >= 15 is 0 Å². The molecule has 0 saturated carbocycles. The number of hydrogen-bond acceptors (Lipinski definition) is 0. The predicted molar refractivity (Wildman–Crippen MR) is 66.7 cm³/mol. The van der Waals surface area contributed by atoms with Crippen molar-refractivity contribution in [3.63, 3.8) is 0 Å². The average molecular weight is 223 g/mol. The predicted octanol–water partition coefficient (Wildman–Crippen LogP) is 4.13. The van der Waals surface area contributed by atoms with E-state index < -0.39 is 0 Å². The maximum atomic E-state index is 6.13. The van der Waals surface area contributed by atoms with Crippen molar-refractivity contribution in [2.45, 2.75) is 50.8 Å². The van der Waals surface area contributed by atoms with Gasteiger partial charge >= 0.3 is 0 Å². The van der Waals surface area contributed by atoms with Gasteiger partial charge in [-0.05, 0) is 55.2 Å². The molecule has 82 valence electrons. The molecule has 0 saturated heterocycles. The minimum Gasteiger partial charge on any atom is -0.123 e. The Morgan fingerprint density at radius 1 is 1.27 bits per heavy atom. The number of aryl methyl sites for hydroxylation is 3. The summed E-state index contributed by atoms with van der Waals surface area (Å²) in [5.74, 6) is 0. The fraction of sp³-hybridized carbons (Fsp3) is 0.571.